The molecule has 0 aromatic heterocycles. The van der Waals surface area contributed by atoms with Gasteiger partial charge in [-0.05, 0) is 24.1 Å². The second-order valence-corrected chi connectivity index (χ2v) is 3.62. The molecule has 0 bridgehead atoms. The predicted molar refractivity (Wildman–Crippen MR) is 58.3 cm³/mol. The molecule has 1 aromatic rings. The van der Waals surface area contributed by atoms with E-state index in [1.165, 1.54) is 0 Å². The lowest BCUT2D eigenvalue weighted by molar-refractivity contribution is -0.120. The van der Waals surface area contributed by atoms with Crippen LogP contribution in [0.5, 0.6) is 0 Å². The molecule has 0 saturated heterocycles. The van der Waals surface area contributed by atoms with Crippen LogP contribution < -0.4 is 5.32 Å². The highest BCUT2D eigenvalue weighted by molar-refractivity contribution is 6.31. The fraction of sp³-hybridized carbons (Fsp3) is 0.364. The van der Waals surface area contributed by atoms with Gasteiger partial charge in [-0.25, -0.2) is 0 Å². The molecule has 0 saturated carbocycles. The zero-order valence-corrected chi connectivity index (χ0v) is 9.19. The van der Waals surface area contributed by atoms with E-state index >= 15 is 0 Å². The highest BCUT2D eigenvalue weighted by Gasteiger charge is 1.99. The third-order valence-electron chi connectivity index (χ3n) is 2.03. The summed E-state index contributed by atoms with van der Waals surface area (Å²) in [5, 5.41) is 3.57. The summed E-state index contributed by atoms with van der Waals surface area (Å²) in [5.74, 6) is 0.0672. The quantitative estimate of drug-likeness (QED) is 0.819. The lowest BCUT2D eigenvalue weighted by Gasteiger charge is -2.05. The topological polar surface area (TPSA) is 29.1 Å². The molecule has 1 aromatic carbocycles. The molecule has 0 heterocycles. The number of amides is 1. The van der Waals surface area contributed by atoms with E-state index in [1.54, 1.807) is 0 Å². The summed E-state index contributed by atoms with van der Waals surface area (Å²) in [6, 6.07) is 5.76. The van der Waals surface area contributed by atoms with Crippen molar-refractivity contribution in [2.45, 2.75) is 26.8 Å². The average Bonchev–Trinajstić information content (AvgIpc) is 2.19. The molecule has 0 aliphatic rings. The van der Waals surface area contributed by atoms with Gasteiger partial charge >= 0.3 is 0 Å². The van der Waals surface area contributed by atoms with Crippen molar-refractivity contribution in [1.82, 2.24) is 5.32 Å². The highest BCUT2D eigenvalue weighted by atomic mass is 35.5. The first kappa shape index (κ1) is 11.1. The molecular weight excluding hydrogens is 198 g/mol. The SMILES string of the molecule is CCC(=O)NCc1ccc(Cl)c(C)c1. The molecule has 1 N–H and O–H groups in total. The van der Waals surface area contributed by atoms with Crippen LogP contribution in [0.25, 0.3) is 0 Å². The molecule has 1 amide bonds. The number of aryl methyl sites for hydroxylation is 1. The summed E-state index contributed by atoms with van der Waals surface area (Å²) in [7, 11) is 0. The first-order valence-corrected chi connectivity index (χ1v) is 5.03. The number of benzene rings is 1. The van der Waals surface area contributed by atoms with Crippen LogP contribution in [0.3, 0.4) is 0 Å². The van der Waals surface area contributed by atoms with Crippen LogP contribution in [-0.4, -0.2) is 5.91 Å². The molecule has 3 heteroatoms. The summed E-state index contributed by atoms with van der Waals surface area (Å²) in [4.78, 5) is 11.0. The smallest absolute Gasteiger partial charge is 0.219 e. The Hall–Kier alpha value is -1.02. The molecule has 0 aliphatic carbocycles. The van der Waals surface area contributed by atoms with Crippen LogP contribution in [0.2, 0.25) is 5.02 Å². The number of hydrogen-bond donors (Lipinski definition) is 1. The van der Waals surface area contributed by atoms with Crippen molar-refractivity contribution in [2.75, 3.05) is 0 Å². The molecule has 0 spiro atoms. The number of carbonyl (C=O) groups excluding carboxylic acids is 1. The first-order valence-electron chi connectivity index (χ1n) is 4.65. The lowest BCUT2D eigenvalue weighted by atomic mass is 10.1. The first-order chi connectivity index (χ1) is 6.63. The van der Waals surface area contributed by atoms with E-state index in [1.807, 2.05) is 32.0 Å². The summed E-state index contributed by atoms with van der Waals surface area (Å²) in [6.45, 7) is 4.36. The molecule has 14 heavy (non-hydrogen) atoms. The summed E-state index contributed by atoms with van der Waals surface area (Å²) >= 11 is 5.88. The minimum Gasteiger partial charge on any atom is -0.352 e. The van der Waals surface area contributed by atoms with Crippen molar-refractivity contribution in [3.05, 3.63) is 34.3 Å². The molecule has 0 fully saturated rings. The normalized spacial score (nSPS) is 9.93. The monoisotopic (exact) mass is 211 g/mol. The van der Waals surface area contributed by atoms with Gasteiger partial charge in [0, 0.05) is 18.0 Å². The maximum atomic E-state index is 11.0. The van der Waals surface area contributed by atoms with Gasteiger partial charge in [-0.2, -0.15) is 0 Å². The van der Waals surface area contributed by atoms with Gasteiger partial charge in [0.05, 0.1) is 0 Å². The fourth-order valence-electron chi connectivity index (χ4n) is 1.14. The number of halogens is 1. The third kappa shape index (κ3) is 3.04. The summed E-state index contributed by atoms with van der Waals surface area (Å²) < 4.78 is 0. The number of nitrogens with one attached hydrogen (secondary N) is 1. The Morgan fingerprint density at radius 2 is 2.21 bits per heavy atom. The standard InChI is InChI=1S/C11H14ClNO/c1-3-11(14)13-7-9-4-5-10(12)8(2)6-9/h4-6H,3,7H2,1-2H3,(H,13,14). The second-order valence-electron chi connectivity index (χ2n) is 3.21. The highest BCUT2D eigenvalue weighted by Crippen LogP contribution is 2.15. The number of hydrogen-bond acceptors (Lipinski definition) is 1. The van der Waals surface area contributed by atoms with E-state index < -0.39 is 0 Å². The minimum atomic E-state index is 0.0672. The Kier molecular flexibility index (Phi) is 3.96. The molecule has 76 valence electrons. The van der Waals surface area contributed by atoms with E-state index in [2.05, 4.69) is 5.32 Å². The molecule has 1 rings (SSSR count). The van der Waals surface area contributed by atoms with Gasteiger partial charge in [-0.1, -0.05) is 30.7 Å². The Bertz CT molecular complexity index is 336. The Morgan fingerprint density at radius 1 is 1.50 bits per heavy atom. The van der Waals surface area contributed by atoms with Crippen molar-refractivity contribution in [2.24, 2.45) is 0 Å². The van der Waals surface area contributed by atoms with Crippen LogP contribution in [0.1, 0.15) is 24.5 Å². The van der Waals surface area contributed by atoms with Crippen LogP contribution in [0.15, 0.2) is 18.2 Å². The summed E-state index contributed by atoms with van der Waals surface area (Å²) in [5.41, 5.74) is 2.11. The van der Waals surface area contributed by atoms with E-state index in [4.69, 9.17) is 11.6 Å². The van der Waals surface area contributed by atoms with Gasteiger partial charge in [0.2, 0.25) is 5.91 Å². The van der Waals surface area contributed by atoms with E-state index in [0.717, 1.165) is 16.1 Å². The van der Waals surface area contributed by atoms with Crippen LogP contribution in [-0.2, 0) is 11.3 Å². The zero-order chi connectivity index (χ0) is 10.6. The van der Waals surface area contributed by atoms with Crippen LogP contribution in [0.4, 0.5) is 0 Å². The van der Waals surface area contributed by atoms with Crippen molar-refractivity contribution in [1.29, 1.82) is 0 Å². The van der Waals surface area contributed by atoms with Gasteiger partial charge in [-0.3, -0.25) is 4.79 Å². The lowest BCUT2D eigenvalue weighted by Crippen LogP contribution is -2.21. The van der Waals surface area contributed by atoms with Crippen molar-refractivity contribution >= 4 is 17.5 Å². The van der Waals surface area contributed by atoms with Gasteiger partial charge in [0.25, 0.3) is 0 Å². The molecule has 0 aliphatic heterocycles. The van der Waals surface area contributed by atoms with Gasteiger partial charge in [0.1, 0.15) is 0 Å². The largest absolute Gasteiger partial charge is 0.352 e. The van der Waals surface area contributed by atoms with E-state index in [0.29, 0.717) is 13.0 Å². The van der Waals surface area contributed by atoms with Gasteiger partial charge in [0.15, 0.2) is 0 Å². The maximum Gasteiger partial charge on any atom is 0.219 e. The summed E-state index contributed by atoms with van der Waals surface area (Å²) in [6.07, 6.45) is 0.520. The average molecular weight is 212 g/mol. The van der Waals surface area contributed by atoms with Crippen molar-refractivity contribution in [3.63, 3.8) is 0 Å². The fourth-order valence-corrected chi connectivity index (χ4v) is 1.26. The van der Waals surface area contributed by atoms with Crippen molar-refractivity contribution < 1.29 is 4.79 Å². The van der Waals surface area contributed by atoms with E-state index in [9.17, 15) is 4.79 Å². The maximum absolute atomic E-state index is 11.0. The molecule has 0 atom stereocenters. The molecule has 2 nitrogen and oxygen atoms in total. The minimum absolute atomic E-state index is 0.0672. The predicted octanol–water partition coefficient (Wildman–Crippen LogP) is 2.67. The number of carbonyl (C=O) groups is 1. The third-order valence-corrected chi connectivity index (χ3v) is 2.46. The second kappa shape index (κ2) is 5.01. The molecular formula is C11H14ClNO. The Morgan fingerprint density at radius 3 is 2.79 bits per heavy atom. The number of rotatable bonds is 3. The molecule has 0 unspecified atom stereocenters. The Labute approximate surface area is 89.3 Å². The van der Waals surface area contributed by atoms with Crippen LogP contribution >= 0.6 is 11.6 Å². The van der Waals surface area contributed by atoms with E-state index in [-0.39, 0.29) is 5.91 Å². The Balaban J connectivity index is 2.60. The molecule has 0 radical (unpaired) electrons. The zero-order valence-electron chi connectivity index (χ0n) is 8.43. The van der Waals surface area contributed by atoms with Gasteiger partial charge in [-0.15, -0.1) is 0 Å². The van der Waals surface area contributed by atoms with Gasteiger partial charge < -0.3 is 5.32 Å². The van der Waals surface area contributed by atoms with Crippen molar-refractivity contribution in [3.8, 4) is 0 Å². The van der Waals surface area contributed by atoms with Crippen LogP contribution in [0, 0.1) is 6.92 Å².